The maximum atomic E-state index is 12.5. The van der Waals surface area contributed by atoms with Gasteiger partial charge in [0.15, 0.2) is 0 Å². The van der Waals surface area contributed by atoms with E-state index in [2.05, 4.69) is 0 Å². The highest BCUT2D eigenvalue weighted by atomic mass is 31.2. The second-order valence-electron chi connectivity index (χ2n) is 5.24. The highest BCUT2D eigenvalue weighted by Gasteiger charge is 2.42. The van der Waals surface area contributed by atoms with E-state index < -0.39 is 32.4 Å². The lowest BCUT2D eigenvalue weighted by Crippen LogP contribution is -2.37. The van der Waals surface area contributed by atoms with Gasteiger partial charge < -0.3 is 20.7 Å². The molecule has 0 aromatic carbocycles. The van der Waals surface area contributed by atoms with Crippen molar-refractivity contribution in [2.75, 3.05) is 19.8 Å². The Hall–Kier alpha value is -0.0500. The summed E-state index contributed by atoms with van der Waals surface area (Å²) in [5.74, 6) is 0. The molecule has 0 amide bonds. The number of hydrogen-bond donors (Lipinski definition) is 3. The van der Waals surface area contributed by atoms with Crippen LogP contribution in [0.25, 0.3) is 0 Å². The summed E-state index contributed by atoms with van der Waals surface area (Å²) in [4.78, 5) is 0. The molecule has 0 aliphatic carbocycles. The number of ether oxygens (including phenoxy) is 1. The Balaban J connectivity index is 2.50. The normalized spacial score (nSPS) is 29.1. The maximum absolute atomic E-state index is 12.5. The van der Waals surface area contributed by atoms with Crippen LogP contribution in [0.15, 0.2) is 0 Å². The van der Waals surface area contributed by atoms with Gasteiger partial charge in [0, 0.05) is 0 Å². The fraction of sp³-hybridized carbons (Fsp3) is 1.00. The molecule has 0 saturated carbocycles. The predicted octanol–water partition coefficient (Wildman–Crippen LogP) is 1.15. The third-order valence-corrected chi connectivity index (χ3v) is 4.75. The first-order valence-corrected chi connectivity index (χ1v) is 9.20. The van der Waals surface area contributed by atoms with Crippen molar-refractivity contribution < 1.29 is 33.1 Å². The second kappa shape index (κ2) is 9.95. The molecule has 1 saturated heterocycles. The summed E-state index contributed by atoms with van der Waals surface area (Å²) in [6, 6.07) is 0. The zero-order valence-corrected chi connectivity index (χ0v) is 14.1. The van der Waals surface area contributed by atoms with Crippen LogP contribution in [0, 0.1) is 0 Å². The first kappa shape index (κ1) is 20.0. The zero-order valence-electron chi connectivity index (χ0n) is 13.2. The zero-order chi connectivity index (χ0) is 16.6. The van der Waals surface area contributed by atoms with Crippen LogP contribution >= 0.6 is 7.82 Å². The largest absolute Gasteiger partial charge is 0.474 e. The number of nitrogens with two attached hydrogens (primary N) is 1. The predicted molar refractivity (Wildman–Crippen MR) is 80.1 cm³/mol. The Kier molecular flexibility index (Phi) is 9.04. The van der Waals surface area contributed by atoms with Crippen LogP contribution in [0.5, 0.6) is 0 Å². The molecule has 0 bridgehead atoms. The van der Waals surface area contributed by atoms with Crippen molar-refractivity contribution in [1.82, 2.24) is 0 Å². The molecule has 4 N–H and O–H groups in total. The molecular formula is C13H28NO7P. The lowest BCUT2D eigenvalue weighted by atomic mass is 10.1. The fourth-order valence-electron chi connectivity index (χ4n) is 1.83. The molecule has 1 fully saturated rings. The standard InChI is InChI=1S/C13H28NO7P/c1-3-5-7-18-22(17,19-8-6-4-2)20-9-10-11(15)12(16)13(14)21-10/h10-13,15-16H,3-9,14H2,1-2H3. The van der Waals surface area contributed by atoms with Crippen LogP contribution in [-0.2, 0) is 22.9 Å². The number of aliphatic hydroxyl groups is 2. The summed E-state index contributed by atoms with van der Waals surface area (Å²) in [5, 5.41) is 19.3. The van der Waals surface area contributed by atoms with Crippen LogP contribution in [0.1, 0.15) is 39.5 Å². The molecule has 132 valence electrons. The van der Waals surface area contributed by atoms with Crippen LogP contribution in [0.3, 0.4) is 0 Å². The Morgan fingerprint density at radius 3 is 2.00 bits per heavy atom. The molecule has 1 rings (SSSR count). The van der Waals surface area contributed by atoms with E-state index in [1.54, 1.807) is 0 Å². The Morgan fingerprint density at radius 2 is 1.59 bits per heavy atom. The molecule has 0 spiro atoms. The van der Waals surface area contributed by atoms with Gasteiger partial charge in [-0.1, -0.05) is 26.7 Å². The summed E-state index contributed by atoms with van der Waals surface area (Å²) in [5.41, 5.74) is 5.48. The van der Waals surface area contributed by atoms with E-state index in [1.165, 1.54) is 0 Å². The summed E-state index contributed by atoms with van der Waals surface area (Å²) in [6.45, 7) is 4.25. The van der Waals surface area contributed by atoms with Gasteiger partial charge in [-0.3, -0.25) is 13.6 Å². The van der Waals surface area contributed by atoms with Gasteiger partial charge in [0.05, 0.1) is 19.8 Å². The van der Waals surface area contributed by atoms with Crippen molar-refractivity contribution >= 4 is 7.82 Å². The summed E-state index contributed by atoms with van der Waals surface area (Å²) >= 11 is 0. The van der Waals surface area contributed by atoms with Gasteiger partial charge >= 0.3 is 7.82 Å². The minimum Gasteiger partial charge on any atom is -0.387 e. The number of rotatable bonds is 11. The van der Waals surface area contributed by atoms with Crippen molar-refractivity contribution in [3.05, 3.63) is 0 Å². The highest BCUT2D eigenvalue weighted by molar-refractivity contribution is 7.48. The molecular weight excluding hydrogens is 313 g/mol. The van der Waals surface area contributed by atoms with Gasteiger partial charge in [0.2, 0.25) is 0 Å². The molecule has 4 atom stereocenters. The summed E-state index contributed by atoms with van der Waals surface area (Å²) in [7, 11) is -3.71. The molecule has 4 unspecified atom stereocenters. The number of aliphatic hydroxyl groups excluding tert-OH is 2. The first-order chi connectivity index (χ1) is 10.4. The molecule has 22 heavy (non-hydrogen) atoms. The van der Waals surface area contributed by atoms with E-state index in [0.717, 1.165) is 25.7 Å². The quantitative estimate of drug-likeness (QED) is 0.378. The summed E-state index contributed by atoms with van der Waals surface area (Å²) in [6.07, 6.45) is -1.02. The van der Waals surface area contributed by atoms with Gasteiger partial charge in [-0.25, -0.2) is 4.57 Å². The molecule has 0 aromatic heterocycles. The highest BCUT2D eigenvalue weighted by Crippen LogP contribution is 2.50. The molecule has 0 aromatic rings. The second-order valence-corrected chi connectivity index (χ2v) is 6.91. The van der Waals surface area contributed by atoms with Crippen LogP contribution in [-0.4, -0.2) is 54.6 Å². The van der Waals surface area contributed by atoms with E-state index in [-0.39, 0.29) is 19.8 Å². The third kappa shape index (κ3) is 6.22. The van der Waals surface area contributed by atoms with Crippen molar-refractivity contribution in [1.29, 1.82) is 0 Å². The van der Waals surface area contributed by atoms with Crippen molar-refractivity contribution in [3.8, 4) is 0 Å². The Morgan fingerprint density at radius 1 is 1.05 bits per heavy atom. The van der Waals surface area contributed by atoms with E-state index in [9.17, 15) is 14.8 Å². The first-order valence-electron chi connectivity index (χ1n) is 7.74. The van der Waals surface area contributed by atoms with Crippen LogP contribution in [0.4, 0.5) is 0 Å². The molecule has 1 aliphatic heterocycles. The fourth-order valence-corrected chi connectivity index (χ4v) is 3.09. The molecule has 8 nitrogen and oxygen atoms in total. The van der Waals surface area contributed by atoms with Gasteiger partial charge in [-0.05, 0) is 12.8 Å². The van der Waals surface area contributed by atoms with Crippen molar-refractivity contribution in [3.63, 3.8) is 0 Å². The number of phosphoric acid groups is 1. The topological polar surface area (TPSA) is 120 Å². The lowest BCUT2D eigenvalue weighted by Gasteiger charge is -2.21. The van der Waals surface area contributed by atoms with E-state index in [0.29, 0.717) is 0 Å². The van der Waals surface area contributed by atoms with Crippen LogP contribution in [0.2, 0.25) is 0 Å². The van der Waals surface area contributed by atoms with Crippen molar-refractivity contribution in [2.24, 2.45) is 5.73 Å². The minimum atomic E-state index is -3.71. The van der Waals surface area contributed by atoms with Crippen LogP contribution < -0.4 is 5.73 Å². The van der Waals surface area contributed by atoms with Gasteiger partial charge in [0.25, 0.3) is 0 Å². The summed E-state index contributed by atoms with van der Waals surface area (Å²) < 4.78 is 33.4. The SMILES string of the molecule is CCCCOP(=O)(OCCCC)OCC1OC(N)C(O)C1O. The Bertz CT molecular complexity index is 343. The molecule has 1 aliphatic rings. The molecule has 0 radical (unpaired) electrons. The lowest BCUT2D eigenvalue weighted by molar-refractivity contribution is -0.0246. The molecule has 9 heteroatoms. The average Bonchev–Trinajstić information content (AvgIpc) is 2.73. The monoisotopic (exact) mass is 341 g/mol. The minimum absolute atomic E-state index is 0.235. The van der Waals surface area contributed by atoms with Gasteiger partial charge in [-0.2, -0.15) is 0 Å². The number of hydrogen-bond acceptors (Lipinski definition) is 8. The number of unbranched alkanes of at least 4 members (excludes halogenated alkanes) is 2. The van der Waals surface area contributed by atoms with Crippen molar-refractivity contribution in [2.45, 2.75) is 64.1 Å². The van der Waals surface area contributed by atoms with Gasteiger partial charge in [-0.15, -0.1) is 0 Å². The van der Waals surface area contributed by atoms with E-state index >= 15 is 0 Å². The van der Waals surface area contributed by atoms with Gasteiger partial charge in [0.1, 0.15) is 24.5 Å². The van der Waals surface area contributed by atoms with E-state index in [1.807, 2.05) is 13.8 Å². The maximum Gasteiger partial charge on any atom is 0.474 e. The smallest absolute Gasteiger partial charge is 0.387 e. The average molecular weight is 341 g/mol. The Labute approximate surface area is 131 Å². The third-order valence-electron chi connectivity index (χ3n) is 3.29. The van der Waals surface area contributed by atoms with E-state index in [4.69, 9.17) is 24.0 Å². The number of phosphoric ester groups is 1. The molecule has 1 heterocycles.